The summed E-state index contributed by atoms with van der Waals surface area (Å²) in [4.78, 5) is 14.3. The van der Waals surface area contributed by atoms with E-state index in [4.69, 9.17) is 5.73 Å². The van der Waals surface area contributed by atoms with Gasteiger partial charge in [0.1, 0.15) is 0 Å². The van der Waals surface area contributed by atoms with Crippen LogP contribution in [0.25, 0.3) is 0 Å². The van der Waals surface area contributed by atoms with Gasteiger partial charge in [0.2, 0.25) is 5.91 Å². The topological polar surface area (TPSA) is 46.3 Å². The molecule has 0 saturated heterocycles. The van der Waals surface area contributed by atoms with Crippen molar-refractivity contribution in [3.8, 4) is 0 Å². The molecule has 1 amide bonds. The van der Waals surface area contributed by atoms with Crippen LogP contribution >= 0.6 is 0 Å². The summed E-state index contributed by atoms with van der Waals surface area (Å²) in [5.41, 5.74) is 6.88. The van der Waals surface area contributed by atoms with Gasteiger partial charge in [0.05, 0.1) is 0 Å². The van der Waals surface area contributed by atoms with Crippen molar-refractivity contribution in [1.82, 2.24) is 4.90 Å². The average molecular weight is 262 g/mol. The highest BCUT2D eigenvalue weighted by Gasteiger charge is 2.22. The minimum Gasteiger partial charge on any atom is -0.341 e. The van der Waals surface area contributed by atoms with Crippen molar-refractivity contribution in [1.29, 1.82) is 0 Å². The Kier molecular flexibility index (Phi) is 6.57. The molecule has 0 aromatic heterocycles. The van der Waals surface area contributed by atoms with Gasteiger partial charge in [0.25, 0.3) is 0 Å². The number of carbonyl (C=O) groups excluding carboxylic acids is 1. The Bertz CT molecular complexity index is 376. The third-order valence-electron chi connectivity index (χ3n) is 3.61. The van der Waals surface area contributed by atoms with E-state index in [9.17, 15) is 4.79 Å². The number of hydrogen-bond donors (Lipinski definition) is 1. The van der Waals surface area contributed by atoms with E-state index in [1.807, 2.05) is 30.0 Å². The Morgan fingerprint density at radius 3 is 2.32 bits per heavy atom. The lowest BCUT2D eigenvalue weighted by atomic mass is 9.96. The number of nitrogens with zero attached hydrogens (tertiary/aromatic N) is 1. The van der Waals surface area contributed by atoms with Crippen LogP contribution in [0.1, 0.15) is 26.3 Å². The highest BCUT2D eigenvalue weighted by Crippen LogP contribution is 2.13. The molecule has 3 heteroatoms. The molecule has 106 valence electrons. The van der Waals surface area contributed by atoms with E-state index >= 15 is 0 Å². The predicted molar refractivity (Wildman–Crippen MR) is 79.8 cm³/mol. The standard InChI is InChI=1S/C16H26N2O/c1-13(2)14(3)16(19)18(12-10-17)11-9-15-7-5-4-6-8-15/h4-8,13-14H,9-12,17H2,1-3H3. The lowest BCUT2D eigenvalue weighted by Gasteiger charge is -2.27. The van der Waals surface area contributed by atoms with Crippen LogP contribution in [0.3, 0.4) is 0 Å². The average Bonchev–Trinajstić information content (AvgIpc) is 2.42. The van der Waals surface area contributed by atoms with Crippen LogP contribution in [0.15, 0.2) is 30.3 Å². The number of nitrogens with two attached hydrogens (primary N) is 1. The maximum absolute atomic E-state index is 12.4. The van der Waals surface area contributed by atoms with Gasteiger partial charge in [-0.2, -0.15) is 0 Å². The molecule has 0 bridgehead atoms. The van der Waals surface area contributed by atoms with E-state index in [0.29, 0.717) is 19.0 Å². The van der Waals surface area contributed by atoms with Crippen LogP contribution in [0.2, 0.25) is 0 Å². The van der Waals surface area contributed by atoms with Crippen LogP contribution in [0.5, 0.6) is 0 Å². The van der Waals surface area contributed by atoms with Gasteiger partial charge < -0.3 is 10.6 Å². The molecule has 0 fully saturated rings. The SMILES string of the molecule is CC(C)C(C)C(=O)N(CCN)CCc1ccccc1. The molecule has 0 spiro atoms. The molecule has 0 saturated carbocycles. The summed E-state index contributed by atoms with van der Waals surface area (Å²) in [6.45, 7) is 8.07. The molecule has 19 heavy (non-hydrogen) atoms. The highest BCUT2D eigenvalue weighted by atomic mass is 16.2. The first-order valence-corrected chi connectivity index (χ1v) is 7.09. The molecule has 0 aliphatic rings. The van der Waals surface area contributed by atoms with Gasteiger partial charge in [-0.05, 0) is 17.9 Å². The van der Waals surface area contributed by atoms with Crippen LogP contribution in [0.4, 0.5) is 0 Å². The van der Waals surface area contributed by atoms with Gasteiger partial charge in [-0.15, -0.1) is 0 Å². The van der Waals surface area contributed by atoms with Crippen molar-refractivity contribution in [3.63, 3.8) is 0 Å². The van der Waals surface area contributed by atoms with Crippen LogP contribution in [-0.4, -0.2) is 30.4 Å². The largest absolute Gasteiger partial charge is 0.341 e. The Hall–Kier alpha value is -1.35. The highest BCUT2D eigenvalue weighted by molar-refractivity contribution is 5.78. The molecule has 2 N–H and O–H groups in total. The van der Waals surface area contributed by atoms with Crippen molar-refractivity contribution in [2.24, 2.45) is 17.6 Å². The molecule has 0 heterocycles. The number of amides is 1. The Morgan fingerprint density at radius 2 is 1.79 bits per heavy atom. The zero-order valence-corrected chi connectivity index (χ0v) is 12.3. The van der Waals surface area contributed by atoms with Gasteiger partial charge in [0, 0.05) is 25.6 Å². The minimum absolute atomic E-state index is 0.0577. The molecule has 1 aromatic rings. The molecular weight excluding hydrogens is 236 g/mol. The molecular formula is C16H26N2O. The fraction of sp³-hybridized carbons (Fsp3) is 0.562. The molecule has 1 rings (SSSR count). The van der Waals surface area contributed by atoms with Crippen LogP contribution in [0, 0.1) is 11.8 Å². The number of carbonyl (C=O) groups is 1. The number of rotatable bonds is 7. The van der Waals surface area contributed by atoms with E-state index in [0.717, 1.165) is 13.0 Å². The van der Waals surface area contributed by atoms with E-state index in [1.165, 1.54) is 5.56 Å². The Morgan fingerprint density at radius 1 is 1.16 bits per heavy atom. The van der Waals surface area contributed by atoms with E-state index in [2.05, 4.69) is 26.0 Å². The van der Waals surface area contributed by atoms with E-state index < -0.39 is 0 Å². The lowest BCUT2D eigenvalue weighted by molar-refractivity contribution is -0.136. The second-order valence-electron chi connectivity index (χ2n) is 5.38. The third kappa shape index (κ3) is 5.03. The Labute approximate surface area is 116 Å². The molecule has 0 radical (unpaired) electrons. The van der Waals surface area contributed by atoms with Gasteiger partial charge in [-0.3, -0.25) is 4.79 Å². The van der Waals surface area contributed by atoms with Crippen molar-refractivity contribution >= 4 is 5.91 Å². The molecule has 0 aliphatic carbocycles. The van der Waals surface area contributed by atoms with Crippen molar-refractivity contribution in [2.45, 2.75) is 27.2 Å². The second kappa shape index (κ2) is 7.95. The van der Waals surface area contributed by atoms with Gasteiger partial charge in [0.15, 0.2) is 0 Å². The van der Waals surface area contributed by atoms with Crippen LogP contribution in [-0.2, 0) is 11.2 Å². The van der Waals surface area contributed by atoms with Crippen molar-refractivity contribution < 1.29 is 4.79 Å². The second-order valence-corrected chi connectivity index (χ2v) is 5.38. The third-order valence-corrected chi connectivity index (χ3v) is 3.61. The quantitative estimate of drug-likeness (QED) is 0.819. The summed E-state index contributed by atoms with van der Waals surface area (Å²) in [7, 11) is 0. The van der Waals surface area contributed by atoms with Gasteiger partial charge in [-0.25, -0.2) is 0 Å². The molecule has 1 aromatic carbocycles. The first-order valence-electron chi connectivity index (χ1n) is 7.09. The zero-order chi connectivity index (χ0) is 14.3. The summed E-state index contributed by atoms with van der Waals surface area (Å²) >= 11 is 0. The van der Waals surface area contributed by atoms with E-state index in [-0.39, 0.29) is 11.8 Å². The van der Waals surface area contributed by atoms with E-state index in [1.54, 1.807) is 0 Å². The fourth-order valence-electron chi connectivity index (χ4n) is 1.97. The minimum atomic E-state index is 0.0577. The predicted octanol–water partition coefficient (Wildman–Crippen LogP) is 2.31. The van der Waals surface area contributed by atoms with Gasteiger partial charge >= 0.3 is 0 Å². The number of hydrogen-bond acceptors (Lipinski definition) is 2. The van der Waals surface area contributed by atoms with Crippen LogP contribution < -0.4 is 5.73 Å². The fourth-order valence-corrected chi connectivity index (χ4v) is 1.97. The van der Waals surface area contributed by atoms with Crippen molar-refractivity contribution in [3.05, 3.63) is 35.9 Å². The summed E-state index contributed by atoms with van der Waals surface area (Å²) in [5.74, 6) is 0.642. The molecule has 1 atom stereocenters. The first-order chi connectivity index (χ1) is 9.06. The van der Waals surface area contributed by atoms with Gasteiger partial charge in [-0.1, -0.05) is 51.1 Å². The smallest absolute Gasteiger partial charge is 0.225 e. The molecule has 0 aliphatic heterocycles. The number of benzene rings is 1. The summed E-state index contributed by atoms with van der Waals surface area (Å²) in [6, 6.07) is 10.3. The summed E-state index contributed by atoms with van der Waals surface area (Å²) in [6.07, 6.45) is 0.886. The lowest BCUT2D eigenvalue weighted by Crippen LogP contribution is -2.41. The summed E-state index contributed by atoms with van der Waals surface area (Å²) < 4.78 is 0. The molecule has 1 unspecified atom stereocenters. The maximum Gasteiger partial charge on any atom is 0.225 e. The summed E-state index contributed by atoms with van der Waals surface area (Å²) in [5, 5.41) is 0. The Balaban J connectivity index is 2.60. The molecule has 3 nitrogen and oxygen atoms in total. The monoisotopic (exact) mass is 262 g/mol. The van der Waals surface area contributed by atoms with Crippen molar-refractivity contribution in [2.75, 3.05) is 19.6 Å². The maximum atomic E-state index is 12.4. The first kappa shape index (κ1) is 15.7. The zero-order valence-electron chi connectivity index (χ0n) is 12.3. The normalized spacial score (nSPS) is 12.5.